The molecular weight excluding hydrogens is 352 g/mol. The molecule has 1 aromatic rings. The molecule has 0 bridgehead atoms. The summed E-state index contributed by atoms with van der Waals surface area (Å²) in [6, 6.07) is 3.80. The molecule has 6 nitrogen and oxygen atoms in total. The smallest absolute Gasteiger partial charge is 0.274 e. The molecule has 0 heterocycles. The molecule has 0 unspecified atom stereocenters. The first-order valence-electron chi connectivity index (χ1n) is 9.43. The molecule has 0 aliphatic heterocycles. The summed E-state index contributed by atoms with van der Waals surface area (Å²) in [5.74, 6) is 2.25. The van der Waals surface area contributed by atoms with E-state index in [0.717, 1.165) is 38.5 Å². The van der Waals surface area contributed by atoms with Crippen LogP contribution in [0.5, 0.6) is 11.5 Å². The van der Waals surface area contributed by atoms with Crippen molar-refractivity contribution in [1.82, 2.24) is 4.72 Å². The highest BCUT2D eigenvalue weighted by Crippen LogP contribution is 2.61. The molecule has 4 rings (SSSR count). The van der Waals surface area contributed by atoms with E-state index in [4.69, 9.17) is 9.88 Å². The monoisotopic (exact) mass is 380 g/mol. The van der Waals surface area contributed by atoms with Crippen LogP contribution in [0.3, 0.4) is 0 Å². The molecule has 0 saturated heterocycles. The van der Waals surface area contributed by atoms with Crippen LogP contribution in [0.2, 0.25) is 0 Å². The molecule has 5 atom stereocenters. The minimum absolute atomic E-state index is 0.0356. The van der Waals surface area contributed by atoms with Crippen LogP contribution < -0.4 is 14.6 Å². The van der Waals surface area contributed by atoms with Gasteiger partial charge in [-0.1, -0.05) is 6.92 Å². The lowest BCUT2D eigenvalue weighted by atomic mass is 9.55. The summed E-state index contributed by atoms with van der Waals surface area (Å²) in [5.41, 5.74) is 2.50. The highest BCUT2D eigenvalue weighted by atomic mass is 32.2. The molecule has 0 amide bonds. The Morgan fingerprint density at radius 2 is 2.04 bits per heavy atom. The van der Waals surface area contributed by atoms with Crippen molar-refractivity contribution >= 4 is 10.2 Å². The zero-order valence-corrected chi connectivity index (χ0v) is 16.2. The average molecular weight is 381 g/mol. The van der Waals surface area contributed by atoms with Gasteiger partial charge in [0.25, 0.3) is 10.2 Å². The minimum atomic E-state index is -3.68. The number of fused-ring (bicyclic) bond motifs is 5. The first kappa shape index (κ1) is 18.1. The van der Waals surface area contributed by atoms with Gasteiger partial charge in [-0.2, -0.15) is 13.1 Å². The van der Waals surface area contributed by atoms with Gasteiger partial charge in [-0.05, 0) is 85.0 Å². The van der Waals surface area contributed by atoms with E-state index < -0.39 is 10.2 Å². The van der Waals surface area contributed by atoms with Crippen molar-refractivity contribution in [1.29, 1.82) is 0 Å². The summed E-state index contributed by atoms with van der Waals surface area (Å²) in [7, 11) is -2.10. The second kappa shape index (κ2) is 6.11. The van der Waals surface area contributed by atoms with Gasteiger partial charge in [0.1, 0.15) is 0 Å². The molecule has 3 aliphatic carbocycles. The number of phenolic OH excluding ortho intramolecular Hbond substituents is 1. The lowest BCUT2D eigenvalue weighted by molar-refractivity contribution is 0.0461. The molecule has 1 aromatic carbocycles. The number of nitrogens with one attached hydrogen (secondary N) is 1. The fraction of sp³-hybridized carbons (Fsp3) is 0.684. The molecule has 2 fully saturated rings. The first-order valence-corrected chi connectivity index (χ1v) is 11.0. The maximum absolute atomic E-state index is 11.6. The van der Waals surface area contributed by atoms with E-state index in [1.165, 1.54) is 11.1 Å². The fourth-order valence-electron chi connectivity index (χ4n) is 6.14. The first-order chi connectivity index (χ1) is 12.2. The van der Waals surface area contributed by atoms with Crippen LogP contribution in [-0.2, 0) is 16.6 Å². The summed E-state index contributed by atoms with van der Waals surface area (Å²) in [5, 5.41) is 15.4. The quantitative estimate of drug-likeness (QED) is 0.749. The number of methoxy groups -OCH3 is 1. The van der Waals surface area contributed by atoms with Gasteiger partial charge in [0.05, 0.1) is 7.11 Å². The van der Waals surface area contributed by atoms with Gasteiger partial charge in [0.2, 0.25) is 0 Å². The van der Waals surface area contributed by atoms with Gasteiger partial charge in [-0.25, -0.2) is 5.14 Å². The van der Waals surface area contributed by atoms with E-state index >= 15 is 0 Å². The Balaban J connectivity index is 1.65. The van der Waals surface area contributed by atoms with Crippen LogP contribution in [0.25, 0.3) is 0 Å². The maximum atomic E-state index is 11.6. The number of aromatic hydroxyl groups is 1. The Bertz CT molecular complexity index is 825. The second-order valence-electron chi connectivity index (χ2n) is 8.48. The molecule has 4 N–H and O–H groups in total. The number of nitrogens with two attached hydrogens (primary N) is 1. The van der Waals surface area contributed by atoms with Gasteiger partial charge in [0, 0.05) is 6.04 Å². The van der Waals surface area contributed by atoms with Gasteiger partial charge < -0.3 is 9.84 Å². The van der Waals surface area contributed by atoms with E-state index in [-0.39, 0.29) is 17.2 Å². The Labute approximate surface area is 155 Å². The van der Waals surface area contributed by atoms with Crippen LogP contribution >= 0.6 is 0 Å². The van der Waals surface area contributed by atoms with Crippen LogP contribution in [0.4, 0.5) is 0 Å². The van der Waals surface area contributed by atoms with Crippen LogP contribution in [0.1, 0.15) is 56.1 Å². The summed E-state index contributed by atoms with van der Waals surface area (Å²) < 4.78 is 31.2. The lowest BCUT2D eigenvalue weighted by Gasteiger charge is -2.51. The predicted octanol–water partition coefficient (Wildman–Crippen LogP) is 2.42. The average Bonchev–Trinajstić information content (AvgIpc) is 2.89. The van der Waals surface area contributed by atoms with Crippen molar-refractivity contribution in [2.45, 2.75) is 57.4 Å². The van der Waals surface area contributed by atoms with Gasteiger partial charge in [-0.3, -0.25) is 0 Å². The van der Waals surface area contributed by atoms with Crippen molar-refractivity contribution < 1.29 is 18.3 Å². The van der Waals surface area contributed by atoms with Gasteiger partial charge in [-0.15, -0.1) is 0 Å². The Morgan fingerprint density at radius 3 is 2.73 bits per heavy atom. The van der Waals surface area contributed by atoms with E-state index in [1.807, 2.05) is 12.1 Å². The zero-order valence-electron chi connectivity index (χ0n) is 15.4. The Kier molecular flexibility index (Phi) is 4.24. The Morgan fingerprint density at radius 1 is 1.27 bits per heavy atom. The molecule has 26 heavy (non-hydrogen) atoms. The number of hydrogen-bond acceptors (Lipinski definition) is 4. The van der Waals surface area contributed by atoms with Crippen molar-refractivity contribution in [3.8, 4) is 11.5 Å². The SMILES string of the molecule is COc1cc2c(cc1O)CC[C@@H]1[C@@H]2CC[C@]2(C)[C@@H](NS(N)(=O)=O)CC[C@@H]12. The highest BCUT2D eigenvalue weighted by molar-refractivity contribution is 7.87. The number of aryl methyl sites for hydroxylation is 1. The summed E-state index contributed by atoms with van der Waals surface area (Å²) >= 11 is 0. The van der Waals surface area contributed by atoms with Crippen molar-refractivity contribution in [3.63, 3.8) is 0 Å². The van der Waals surface area contributed by atoms with Gasteiger partial charge >= 0.3 is 0 Å². The molecule has 7 heteroatoms. The number of hydrogen-bond donors (Lipinski definition) is 3. The zero-order chi connectivity index (χ0) is 18.7. The van der Waals surface area contributed by atoms with Gasteiger partial charge in [0.15, 0.2) is 11.5 Å². The maximum Gasteiger partial charge on any atom is 0.274 e. The number of phenols is 1. The molecule has 3 aliphatic rings. The fourth-order valence-corrected chi connectivity index (χ4v) is 6.93. The summed E-state index contributed by atoms with van der Waals surface area (Å²) in [6.45, 7) is 2.23. The molecule has 0 aromatic heterocycles. The van der Waals surface area contributed by atoms with E-state index in [1.54, 1.807) is 7.11 Å². The third-order valence-electron chi connectivity index (χ3n) is 7.33. The number of benzene rings is 1. The predicted molar refractivity (Wildman–Crippen MR) is 99.3 cm³/mol. The van der Waals surface area contributed by atoms with Crippen LogP contribution in [0.15, 0.2) is 12.1 Å². The van der Waals surface area contributed by atoms with Crippen LogP contribution in [0, 0.1) is 17.3 Å². The molecular formula is C19H28N2O4S. The molecule has 144 valence electrons. The normalized spacial score (nSPS) is 36.1. The largest absolute Gasteiger partial charge is 0.504 e. The number of ether oxygens (including phenoxy) is 1. The minimum Gasteiger partial charge on any atom is -0.504 e. The van der Waals surface area contributed by atoms with Crippen LogP contribution in [-0.4, -0.2) is 26.7 Å². The topological polar surface area (TPSA) is 102 Å². The lowest BCUT2D eigenvalue weighted by Crippen LogP contribution is -2.51. The molecule has 2 saturated carbocycles. The Hall–Kier alpha value is -1.31. The van der Waals surface area contributed by atoms with E-state index in [9.17, 15) is 13.5 Å². The third-order valence-corrected chi connectivity index (χ3v) is 7.94. The third kappa shape index (κ3) is 2.80. The summed E-state index contributed by atoms with van der Waals surface area (Å²) in [4.78, 5) is 0. The van der Waals surface area contributed by atoms with E-state index in [0.29, 0.717) is 23.5 Å². The number of rotatable bonds is 3. The summed E-state index contributed by atoms with van der Waals surface area (Å²) in [6.07, 6.45) is 5.94. The highest BCUT2D eigenvalue weighted by Gasteiger charge is 2.55. The van der Waals surface area contributed by atoms with Crippen molar-refractivity contribution in [3.05, 3.63) is 23.3 Å². The molecule has 0 spiro atoms. The van der Waals surface area contributed by atoms with Crippen molar-refractivity contribution in [2.75, 3.05) is 7.11 Å². The second-order valence-corrected chi connectivity index (χ2v) is 9.80. The van der Waals surface area contributed by atoms with Crippen molar-refractivity contribution in [2.24, 2.45) is 22.4 Å². The standard InChI is InChI=1S/C19H28N2O4S/c1-19-8-7-12-13(15(19)5-6-18(19)21-26(20,23)24)4-3-11-9-16(22)17(25-2)10-14(11)12/h9-10,12-13,15,18,21-22H,3-8H2,1-2H3,(H2,20,23,24)/t12-,13+,15-,18-,19-/m0/s1. The molecule has 0 radical (unpaired) electrons. The van der Waals surface area contributed by atoms with E-state index in [2.05, 4.69) is 11.6 Å².